The van der Waals surface area contributed by atoms with Crippen LogP contribution in [0.3, 0.4) is 0 Å². The molecule has 1 saturated carbocycles. The van der Waals surface area contributed by atoms with Gasteiger partial charge in [-0.1, -0.05) is 30.9 Å². The van der Waals surface area contributed by atoms with Crippen molar-refractivity contribution in [3.8, 4) is 0 Å². The number of thiophene rings is 1. The molecule has 1 fully saturated rings. The van der Waals surface area contributed by atoms with E-state index in [4.69, 9.17) is 11.6 Å². The summed E-state index contributed by atoms with van der Waals surface area (Å²) in [6, 6.07) is 4.22. The van der Waals surface area contributed by atoms with E-state index in [-0.39, 0.29) is 0 Å². The topological polar surface area (TPSA) is 0 Å². The molecule has 0 aliphatic heterocycles. The van der Waals surface area contributed by atoms with Crippen LogP contribution >= 0.6 is 22.9 Å². The lowest BCUT2D eigenvalue weighted by molar-refractivity contribution is 0.448. The molecule has 0 unspecified atom stereocenters. The van der Waals surface area contributed by atoms with Crippen LogP contribution in [-0.4, -0.2) is 0 Å². The summed E-state index contributed by atoms with van der Waals surface area (Å²) in [5.41, 5.74) is 0. The molecule has 0 radical (unpaired) electrons. The lowest BCUT2D eigenvalue weighted by Gasteiger charge is -2.19. The van der Waals surface area contributed by atoms with Crippen LogP contribution in [0.4, 0.5) is 0 Å². The summed E-state index contributed by atoms with van der Waals surface area (Å²) in [5, 5.41) is 0. The number of halogens is 1. The van der Waals surface area contributed by atoms with E-state index in [0.717, 1.165) is 10.3 Å². The number of hydrogen-bond donors (Lipinski definition) is 0. The van der Waals surface area contributed by atoms with Gasteiger partial charge in [-0.15, -0.1) is 11.3 Å². The van der Waals surface area contributed by atoms with Gasteiger partial charge in [-0.25, -0.2) is 0 Å². The van der Waals surface area contributed by atoms with Crippen LogP contribution in [0, 0.1) is 0 Å². The highest BCUT2D eigenvalue weighted by Crippen LogP contribution is 2.37. The second-order valence-electron chi connectivity index (χ2n) is 3.48. The minimum atomic E-state index is 0.816. The van der Waals surface area contributed by atoms with Crippen LogP contribution in [0.5, 0.6) is 0 Å². The first-order valence-corrected chi connectivity index (χ1v) is 5.81. The van der Waals surface area contributed by atoms with E-state index in [9.17, 15) is 0 Å². The standard InChI is InChI=1S/C10H13ClS/c11-10-7-6-9(12-10)8-4-2-1-3-5-8/h6-8H,1-5H2. The summed E-state index contributed by atoms with van der Waals surface area (Å²) >= 11 is 7.66. The highest BCUT2D eigenvalue weighted by atomic mass is 35.5. The normalized spacial score (nSPS) is 19.8. The molecule has 1 aliphatic rings. The molecule has 0 bridgehead atoms. The maximum atomic E-state index is 5.90. The first-order valence-electron chi connectivity index (χ1n) is 4.61. The van der Waals surface area contributed by atoms with Crippen LogP contribution in [0.15, 0.2) is 12.1 Å². The zero-order chi connectivity index (χ0) is 8.39. The Morgan fingerprint density at radius 3 is 2.50 bits per heavy atom. The third-order valence-corrected chi connectivity index (χ3v) is 4.00. The van der Waals surface area contributed by atoms with E-state index in [2.05, 4.69) is 6.07 Å². The van der Waals surface area contributed by atoms with Gasteiger partial charge in [0.25, 0.3) is 0 Å². The van der Waals surface area contributed by atoms with Gasteiger partial charge >= 0.3 is 0 Å². The van der Waals surface area contributed by atoms with E-state index in [1.54, 1.807) is 11.3 Å². The molecule has 2 rings (SSSR count). The van der Waals surface area contributed by atoms with Crippen molar-refractivity contribution in [1.82, 2.24) is 0 Å². The van der Waals surface area contributed by atoms with Gasteiger partial charge in [0, 0.05) is 4.88 Å². The summed E-state index contributed by atoms with van der Waals surface area (Å²) < 4.78 is 0.940. The largest absolute Gasteiger partial charge is 0.128 e. The molecule has 0 amide bonds. The van der Waals surface area contributed by atoms with E-state index < -0.39 is 0 Å². The lowest BCUT2D eigenvalue weighted by Crippen LogP contribution is -2.01. The number of rotatable bonds is 1. The predicted molar refractivity (Wildman–Crippen MR) is 55.2 cm³/mol. The molecule has 0 saturated heterocycles. The Balaban J connectivity index is 2.08. The van der Waals surface area contributed by atoms with Crippen LogP contribution in [-0.2, 0) is 0 Å². The third-order valence-electron chi connectivity index (χ3n) is 2.60. The van der Waals surface area contributed by atoms with Crippen molar-refractivity contribution in [3.63, 3.8) is 0 Å². The van der Waals surface area contributed by atoms with Gasteiger partial charge < -0.3 is 0 Å². The van der Waals surface area contributed by atoms with Crippen LogP contribution < -0.4 is 0 Å². The Morgan fingerprint density at radius 1 is 1.17 bits per heavy atom. The maximum absolute atomic E-state index is 5.90. The monoisotopic (exact) mass is 200 g/mol. The number of hydrogen-bond acceptors (Lipinski definition) is 1. The van der Waals surface area contributed by atoms with E-state index in [0.29, 0.717) is 0 Å². The summed E-state index contributed by atoms with van der Waals surface area (Å²) in [6.45, 7) is 0. The first kappa shape index (κ1) is 8.58. The van der Waals surface area contributed by atoms with E-state index in [1.807, 2.05) is 6.07 Å². The fraction of sp³-hybridized carbons (Fsp3) is 0.600. The van der Waals surface area contributed by atoms with Gasteiger partial charge in [0.2, 0.25) is 0 Å². The quantitative estimate of drug-likeness (QED) is 0.629. The molecular formula is C10H13ClS. The lowest BCUT2D eigenvalue weighted by atomic mass is 9.88. The van der Waals surface area contributed by atoms with Crippen molar-refractivity contribution in [2.45, 2.75) is 38.0 Å². The maximum Gasteiger partial charge on any atom is 0.0931 e. The molecular weight excluding hydrogens is 188 g/mol. The summed E-state index contributed by atoms with van der Waals surface area (Å²) in [7, 11) is 0. The highest BCUT2D eigenvalue weighted by molar-refractivity contribution is 7.16. The van der Waals surface area contributed by atoms with E-state index >= 15 is 0 Å². The molecule has 1 heterocycles. The third kappa shape index (κ3) is 1.83. The molecule has 12 heavy (non-hydrogen) atoms. The molecule has 2 heteroatoms. The second kappa shape index (κ2) is 3.80. The molecule has 0 N–H and O–H groups in total. The minimum absolute atomic E-state index is 0.816. The van der Waals surface area contributed by atoms with Crippen molar-refractivity contribution in [1.29, 1.82) is 0 Å². The van der Waals surface area contributed by atoms with Gasteiger partial charge in [-0.05, 0) is 30.9 Å². The fourth-order valence-corrected chi connectivity index (χ4v) is 3.16. The predicted octanol–water partition coefficient (Wildman–Crippen LogP) is 4.45. The Bertz CT molecular complexity index is 248. The van der Waals surface area contributed by atoms with Crippen molar-refractivity contribution < 1.29 is 0 Å². The molecule has 0 atom stereocenters. The van der Waals surface area contributed by atoms with Gasteiger partial charge in [0.05, 0.1) is 4.34 Å². The van der Waals surface area contributed by atoms with Crippen molar-refractivity contribution in [2.75, 3.05) is 0 Å². The average Bonchev–Trinajstić information content (AvgIpc) is 2.54. The van der Waals surface area contributed by atoms with Crippen LogP contribution in [0.25, 0.3) is 0 Å². The molecule has 66 valence electrons. The highest BCUT2D eigenvalue weighted by Gasteiger charge is 2.16. The zero-order valence-electron chi connectivity index (χ0n) is 7.05. The summed E-state index contributed by atoms with van der Waals surface area (Å²) in [6.07, 6.45) is 6.98. The Labute approximate surface area is 82.6 Å². The zero-order valence-corrected chi connectivity index (χ0v) is 8.63. The van der Waals surface area contributed by atoms with Crippen molar-refractivity contribution >= 4 is 22.9 Å². The Kier molecular flexibility index (Phi) is 2.72. The summed E-state index contributed by atoms with van der Waals surface area (Å²) in [5.74, 6) is 0.816. The van der Waals surface area contributed by atoms with Gasteiger partial charge in [0.1, 0.15) is 0 Å². The fourth-order valence-electron chi connectivity index (χ4n) is 1.93. The van der Waals surface area contributed by atoms with Gasteiger partial charge in [0.15, 0.2) is 0 Å². The second-order valence-corrected chi connectivity index (χ2v) is 5.22. The smallest absolute Gasteiger partial charge is 0.0931 e. The van der Waals surface area contributed by atoms with Crippen molar-refractivity contribution in [3.05, 3.63) is 21.3 Å². The molecule has 0 nitrogen and oxygen atoms in total. The summed E-state index contributed by atoms with van der Waals surface area (Å²) in [4.78, 5) is 1.50. The molecule has 1 aromatic rings. The molecule has 0 aromatic carbocycles. The van der Waals surface area contributed by atoms with Gasteiger partial charge in [-0.2, -0.15) is 0 Å². The van der Waals surface area contributed by atoms with Gasteiger partial charge in [-0.3, -0.25) is 0 Å². The minimum Gasteiger partial charge on any atom is -0.128 e. The SMILES string of the molecule is Clc1ccc(C2CCCCC2)s1. The first-order chi connectivity index (χ1) is 5.86. The van der Waals surface area contributed by atoms with Crippen LogP contribution in [0.1, 0.15) is 42.9 Å². The molecule has 1 aliphatic carbocycles. The van der Waals surface area contributed by atoms with E-state index in [1.165, 1.54) is 37.0 Å². The van der Waals surface area contributed by atoms with Crippen molar-refractivity contribution in [2.24, 2.45) is 0 Å². The molecule has 0 spiro atoms. The average molecular weight is 201 g/mol. The molecule has 1 aromatic heterocycles. The Hall–Kier alpha value is -0.0100. The van der Waals surface area contributed by atoms with Crippen LogP contribution in [0.2, 0.25) is 4.34 Å². The Morgan fingerprint density at radius 2 is 1.92 bits per heavy atom.